The summed E-state index contributed by atoms with van der Waals surface area (Å²) in [7, 11) is 0. The molecule has 0 aromatic heterocycles. The van der Waals surface area contributed by atoms with Crippen LogP contribution in [-0.2, 0) is 11.3 Å². The number of fused-ring (bicyclic) bond motifs is 2. The van der Waals surface area contributed by atoms with Gasteiger partial charge >= 0.3 is 0 Å². The van der Waals surface area contributed by atoms with E-state index in [1.54, 1.807) is 0 Å². The Morgan fingerprint density at radius 3 is 2.38 bits per heavy atom. The van der Waals surface area contributed by atoms with E-state index in [9.17, 15) is 0 Å². The molecule has 86 valence electrons. The summed E-state index contributed by atoms with van der Waals surface area (Å²) in [6, 6.07) is 8.62. The van der Waals surface area contributed by atoms with Crippen molar-refractivity contribution in [2.75, 3.05) is 13.1 Å². The van der Waals surface area contributed by atoms with E-state index < -0.39 is 0 Å². The van der Waals surface area contributed by atoms with Crippen molar-refractivity contribution in [2.24, 2.45) is 0 Å². The van der Waals surface area contributed by atoms with Crippen molar-refractivity contribution >= 4 is 15.9 Å². The van der Waals surface area contributed by atoms with Gasteiger partial charge in [-0.05, 0) is 30.5 Å². The predicted molar refractivity (Wildman–Crippen MR) is 67.3 cm³/mol. The first-order valence-electron chi connectivity index (χ1n) is 5.92. The SMILES string of the molecule is Brc1ccc(CN2CC3CCC(C2)O3)cc1. The molecule has 2 unspecified atom stereocenters. The molecule has 2 atom stereocenters. The molecule has 2 heterocycles. The van der Waals surface area contributed by atoms with Crippen LogP contribution in [0.4, 0.5) is 0 Å². The molecule has 2 nitrogen and oxygen atoms in total. The van der Waals surface area contributed by atoms with Crippen LogP contribution in [-0.4, -0.2) is 30.2 Å². The lowest BCUT2D eigenvalue weighted by Crippen LogP contribution is -2.41. The van der Waals surface area contributed by atoms with Crippen LogP contribution >= 0.6 is 15.9 Å². The molecule has 2 fully saturated rings. The Balaban J connectivity index is 1.64. The van der Waals surface area contributed by atoms with Crippen molar-refractivity contribution in [3.63, 3.8) is 0 Å². The molecule has 2 aliphatic rings. The summed E-state index contributed by atoms with van der Waals surface area (Å²) >= 11 is 3.47. The van der Waals surface area contributed by atoms with Gasteiger partial charge in [0.05, 0.1) is 12.2 Å². The third-order valence-corrected chi connectivity index (χ3v) is 3.97. The number of halogens is 1. The van der Waals surface area contributed by atoms with Crippen LogP contribution in [0.1, 0.15) is 18.4 Å². The Kier molecular flexibility index (Phi) is 3.01. The normalized spacial score (nSPS) is 29.6. The molecular formula is C13H16BrNO. The molecule has 0 saturated carbocycles. The Hall–Kier alpha value is -0.380. The highest BCUT2D eigenvalue weighted by molar-refractivity contribution is 9.10. The topological polar surface area (TPSA) is 12.5 Å². The zero-order valence-electron chi connectivity index (χ0n) is 9.23. The van der Waals surface area contributed by atoms with Gasteiger partial charge in [-0.15, -0.1) is 0 Å². The van der Waals surface area contributed by atoms with Gasteiger partial charge in [0.2, 0.25) is 0 Å². The maximum atomic E-state index is 5.84. The zero-order valence-corrected chi connectivity index (χ0v) is 10.8. The predicted octanol–water partition coefficient (Wildman–Crippen LogP) is 2.81. The largest absolute Gasteiger partial charge is 0.372 e. The molecule has 3 rings (SSSR count). The number of benzene rings is 1. The van der Waals surface area contributed by atoms with Crippen LogP contribution in [0.15, 0.2) is 28.7 Å². The first kappa shape index (κ1) is 10.8. The van der Waals surface area contributed by atoms with Crippen molar-refractivity contribution in [3.05, 3.63) is 34.3 Å². The van der Waals surface area contributed by atoms with Crippen molar-refractivity contribution in [2.45, 2.75) is 31.6 Å². The summed E-state index contributed by atoms with van der Waals surface area (Å²) in [5.41, 5.74) is 1.39. The van der Waals surface area contributed by atoms with E-state index in [4.69, 9.17) is 4.74 Å². The number of hydrogen-bond donors (Lipinski definition) is 0. The number of morpholine rings is 1. The minimum atomic E-state index is 0.495. The highest BCUT2D eigenvalue weighted by Gasteiger charge is 2.33. The number of likely N-dealkylation sites (tertiary alicyclic amines) is 1. The van der Waals surface area contributed by atoms with Gasteiger partial charge in [0.25, 0.3) is 0 Å². The monoisotopic (exact) mass is 281 g/mol. The van der Waals surface area contributed by atoms with E-state index in [2.05, 4.69) is 45.1 Å². The summed E-state index contributed by atoms with van der Waals surface area (Å²) in [5.74, 6) is 0. The molecule has 0 N–H and O–H groups in total. The molecule has 1 aromatic rings. The van der Waals surface area contributed by atoms with Crippen LogP contribution in [0.25, 0.3) is 0 Å². The van der Waals surface area contributed by atoms with Gasteiger partial charge in [0.15, 0.2) is 0 Å². The Morgan fingerprint density at radius 2 is 1.75 bits per heavy atom. The van der Waals surface area contributed by atoms with E-state index in [-0.39, 0.29) is 0 Å². The van der Waals surface area contributed by atoms with Crippen molar-refractivity contribution in [1.29, 1.82) is 0 Å². The molecule has 2 aliphatic heterocycles. The quantitative estimate of drug-likeness (QED) is 0.827. The number of ether oxygens (including phenoxy) is 1. The second-order valence-electron chi connectivity index (χ2n) is 4.78. The zero-order chi connectivity index (χ0) is 11.0. The van der Waals surface area contributed by atoms with Gasteiger partial charge in [-0.1, -0.05) is 28.1 Å². The first-order valence-corrected chi connectivity index (χ1v) is 6.71. The van der Waals surface area contributed by atoms with Gasteiger partial charge in [-0.2, -0.15) is 0 Å². The highest BCUT2D eigenvalue weighted by atomic mass is 79.9. The van der Waals surface area contributed by atoms with Crippen LogP contribution in [0.5, 0.6) is 0 Å². The van der Waals surface area contributed by atoms with Crippen LogP contribution in [0.2, 0.25) is 0 Å². The molecule has 2 saturated heterocycles. The number of hydrogen-bond acceptors (Lipinski definition) is 2. The Morgan fingerprint density at radius 1 is 1.12 bits per heavy atom. The molecular weight excluding hydrogens is 266 g/mol. The third kappa shape index (κ3) is 2.31. The number of nitrogens with zero attached hydrogens (tertiary/aromatic N) is 1. The second kappa shape index (κ2) is 4.47. The average molecular weight is 282 g/mol. The Labute approximate surface area is 105 Å². The van der Waals surface area contributed by atoms with Crippen LogP contribution in [0, 0.1) is 0 Å². The van der Waals surface area contributed by atoms with Gasteiger partial charge in [-0.25, -0.2) is 0 Å². The van der Waals surface area contributed by atoms with Crippen molar-refractivity contribution in [3.8, 4) is 0 Å². The van der Waals surface area contributed by atoms with Gasteiger partial charge < -0.3 is 4.74 Å². The summed E-state index contributed by atoms with van der Waals surface area (Å²) in [6.07, 6.45) is 3.49. The molecule has 0 spiro atoms. The van der Waals surface area contributed by atoms with Crippen molar-refractivity contribution in [1.82, 2.24) is 4.90 Å². The standard InChI is InChI=1S/C13H16BrNO/c14-11-3-1-10(2-4-11)7-15-8-12-5-6-13(9-15)16-12/h1-4,12-13H,5-9H2. The van der Waals surface area contributed by atoms with Gasteiger partial charge in [0, 0.05) is 24.1 Å². The lowest BCUT2D eigenvalue weighted by Gasteiger charge is -2.32. The first-order chi connectivity index (χ1) is 7.79. The molecule has 0 amide bonds. The maximum Gasteiger partial charge on any atom is 0.0707 e. The van der Waals surface area contributed by atoms with E-state index in [1.165, 1.54) is 18.4 Å². The summed E-state index contributed by atoms with van der Waals surface area (Å²) in [6.45, 7) is 3.27. The minimum Gasteiger partial charge on any atom is -0.372 e. The van der Waals surface area contributed by atoms with Gasteiger partial charge in [-0.3, -0.25) is 4.90 Å². The molecule has 1 aromatic carbocycles. The smallest absolute Gasteiger partial charge is 0.0707 e. The lowest BCUT2D eigenvalue weighted by molar-refractivity contribution is -0.0410. The van der Waals surface area contributed by atoms with Crippen LogP contribution in [0.3, 0.4) is 0 Å². The minimum absolute atomic E-state index is 0.495. The average Bonchev–Trinajstić information content (AvgIpc) is 2.62. The summed E-state index contributed by atoms with van der Waals surface area (Å²) < 4.78 is 6.99. The molecule has 0 radical (unpaired) electrons. The van der Waals surface area contributed by atoms with Crippen LogP contribution < -0.4 is 0 Å². The van der Waals surface area contributed by atoms with E-state index in [0.29, 0.717) is 12.2 Å². The number of rotatable bonds is 2. The highest BCUT2D eigenvalue weighted by Crippen LogP contribution is 2.27. The second-order valence-corrected chi connectivity index (χ2v) is 5.69. The molecule has 16 heavy (non-hydrogen) atoms. The maximum absolute atomic E-state index is 5.84. The molecule has 0 aliphatic carbocycles. The summed E-state index contributed by atoms with van der Waals surface area (Å²) in [4.78, 5) is 2.52. The summed E-state index contributed by atoms with van der Waals surface area (Å²) in [5, 5.41) is 0. The van der Waals surface area contributed by atoms with E-state index in [0.717, 1.165) is 24.1 Å². The third-order valence-electron chi connectivity index (χ3n) is 3.44. The van der Waals surface area contributed by atoms with Crippen molar-refractivity contribution < 1.29 is 4.74 Å². The van der Waals surface area contributed by atoms with E-state index >= 15 is 0 Å². The molecule has 3 heteroatoms. The fraction of sp³-hybridized carbons (Fsp3) is 0.538. The van der Waals surface area contributed by atoms with Gasteiger partial charge in [0.1, 0.15) is 0 Å². The fourth-order valence-electron chi connectivity index (χ4n) is 2.68. The molecule has 2 bridgehead atoms. The van der Waals surface area contributed by atoms with E-state index in [1.807, 2.05) is 0 Å². The Bertz CT molecular complexity index is 353. The lowest BCUT2D eigenvalue weighted by atomic mass is 10.2. The fourth-order valence-corrected chi connectivity index (χ4v) is 2.94.